The molecule has 0 atom stereocenters. The molecule has 1 N–H and O–H groups in total. The van der Waals surface area contributed by atoms with E-state index in [-0.39, 0.29) is 23.3 Å². The summed E-state index contributed by atoms with van der Waals surface area (Å²) in [7, 11) is 0. The maximum atomic E-state index is 12.2. The Labute approximate surface area is 174 Å². The Morgan fingerprint density at radius 1 is 1.25 bits per heavy atom. The van der Waals surface area contributed by atoms with Crippen LogP contribution in [0.3, 0.4) is 0 Å². The number of imide groups is 1. The first-order valence-electron chi connectivity index (χ1n) is 8.39. The van der Waals surface area contributed by atoms with Crippen molar-refractivity contribution in [2.75, 3.05) is 6.54 Å². The van der Waals surface area contributed by atoms with Gasteiger partial charge < -0.3 is 9.84 Å². The molecule has 8 heteroatoms. The standard InChI is InChI=1S/C20H16BrNO5S/c1-2-22-18(23)17(28-20(22)26)10-12-6-7-16(15(21)9-12)27-11-13-4-3-5-14(8-13)19(24)25/h3-10H,2,11H2,1H3,(H,24,25)/b17-10-. The van der Waals surface area contributed by atoms with Gasteiger partial charge in [0, 0.05) is 6.54 Å². The molecule has 2 amide bonds. The second-order valence-corrected chi connectivity index (χ2v) is 7.76. The third-order valence-electron chi connectivity index (χ3n) is 4.01. The van der Waals surface area contributed by atoms with Crippen LogP contribution < -0.4 is 4.74 Å². The molecule has 1 heterocycles. The number of carboxylic acid groups (broad SMARTS) is 1. The number of likely N-dealkylation sites (N-methyl/N-ethyl adjacent to an activating group) is 1. The molecule has 28 heavy (non-hydrogen) atoms. The zero-order chi connectivity index (χ0) is 20.3. The van der Waals surface area contributed by atoms with Gasteiger partial charge in [-0.15, -0.1) is 0 Å². The van der Waals surface area contributed by atoms with Gasteiger partial charge in [0.05, 0.1) is 14.9 Å². The molecule has 6 nitrogen and oxygen atoms in total. The Bertz CT molecular complexity index is 988. The van der Waals surface area contributed by atoms with Crippen molar-refractivity contribution in [1.29, 1.82) is 0 Å². The van der Waals surface area contributed by atoms with E-state index in [4.69, 9.17) is 9.84 Å². The molecule has 1 saturated heterocycles. The molecule has 0 aromatic heterocycles. The van der Waals surface area contributed by atoms with Crippen molar-refractivity contribution in [3.63, 3.8) is 0 Å². The van der Waals surface area contributed by atoms with Crippen LogP contribution in [-0.4, -0.2) is 33.7 Å². The molecular formula is C20H16BrNO5S. The highest BCUT2D eigenvalue weighted by Gasteiger charge is 2.33. The number of benzene rings is 2. The van der Waals surface area contributed by atoms with E-state index in [2.05, 4.69) is 15.9 Å². The van der Waals surface area contributed by atoms with Gasteiger partial charge in [0.1, 0.15) is 12.4 Å². The molecule has 2 aromatic rings. The van der Waals surface area contributed by atoms with E-state index in [9.17, 15) is 14.4 Å². The number of amides is 2. The number of carbonyl (C=O) groups excluding carboxylic acids is 2. The van der Waals surface area contributed by atoms with Crippen molar-refractivity contribution >= 4 is 50.9 Å². The van der Waals surface area contributed by atoms with Crippen LogP contribution in [0.2, 0.25) is 0 Å². The fourth-order valence-corrected chi connectivity index (χ4v) is 4.02. The number of rotatable bonds is 6. The Balaban J connectivity index is 1.72. The highest BCUT2D eigenvalue weighted by Crippen LogP contribution is 2.33. The van der Waals surface area contributed by atoms with Crippen LogP contribution in [-0.2, 0) is 11.4 Å². The summed E-state index contributed by atoms with van der Waals surface area (Å²) in [5.74, 6) is -0.688. The lowest BCUT2D eigenvalue weighted by Gasteiger charge is -2.10. The monoisotopic (exact) mass is 461 g/mol. The summed E-state index contributed by atoms with van der Waals surface area (Å²) in [6.45, 7) is 2.32. The number of carbonyl (C=O) groups is 3. The highest BCUT2D eigenvalue weighted by molar-refractivity contribution is 9.10. The van der Waals surface area contributed by atoms with Crippen LogP contribution in [0, 0.1) is 0 Å². The number of thioether (sulfide) groups is 1. The topological polar surface area (TPSA) is 83.9 Å². The van der Waals surface area contributed by atoms with Gasteiger partial charge in [-0.1, -0.05) is 18.2 Å². The zero-order valence-corrected chi connectivity index (χ0v) is 17.2. The van der Waals surface area contributed by atoms with Crippen LogP contribution in [0.1, 0.15) is 28.4 Å². The molecule has 0 spiro atoms. The minimum Gasteiger partial charge on any atom is -0.488 e. The van der Waals surface area contributed by atoms with E-state index in [0.29, 0.717) is 21.7 Å². The smallest absolute Gasteiger partial charge is 0.335 e. The molecule has 1 aliphatic heterocycles. The quantitative estimate of drug-likeness (QED) is 0.622. The lowest BCUT2D eigenvalue weighted by Crippen LogP contribution is -2.27. The Hall–Kier alpha value is -2.58. The Kier molecular flexibility index (Phi) is 6.21. The van der Waals surface area contributed by atoms with Gasteiger partial charge in [-0.3, -0.25) is 14.5 Å². The van der Waals surface area contributed by atoms with Crippen LogP contribution in [0.5, 0.6) is 5.75 Å². The number of halogens is 1. The van der Waals surface area contributed by atoms with E-state index in [1.165, 1.54) is 11.0 Å². The van der Waals surface area contributed by atoms with E-state index in [0.717, 1.165) is 22.9 Å². The molecule has 0 unspecified atom stereocenters. The summed E-state index contributed by atoms with van der Waals surface area (Å²) >= 11 is 4.37. The van der Waals surface area contributed by atoms with Crippen molar-refractivity contribution in [3.05, 3.63) is 68.5 Å². The first-order chi connectivity index (χ1) is 13.4. The highest BCUT2D eigenvalue weighted by atomic mass is 79.9. The van der Waals surface area contributed by atoms with Gasteiger partial charge in [-0.25, -0.2) is 4.79 Å². The van der Waals surface area contributed by atoms with Crippen molar-refractivity contribution in [1.82, 2.24) is 4.90 Å². The molecule has 0 aliphatic carbocycles. The number of carboxylic acids is 1. The lowest BCUT2D eigenvalue weighted by atomic mass is 10.1. The normalized spacial score (nSPS) is 15.4. The van der Waals surface area contributed by atoms with Crippen LogP contribution in [0.4, 0.5) is 4.79 Å². The molecule has 1 fully saturated rings. The van der Waals surface area contributed by atoms with Gasteiger partial charge in [0.2, 0.25) is 0 Å². The van der Waals surface area contributed by atoms with Gasteiger partial charge in [-0.2, -0.15) is 0 Å². The van der Waals surface area contributed by atoms with Gasteiger partial charge in [0.15, 0.2) is 0 Å². The summed E-state index contributed by atoms with van der Waals surface area (Å²) < 4.78 is 6.45. The lowest BCUT2D eigenvalue weighted by molar-refractivity contribution is -0.122. The van der Waals surface area contributed by atoms with Crippen molar-refractivity contribution in [2.24, 2.45) is 0 Å². The summed E-state index contributed by atoms with van der Waals surface area (Å²) in [6.07, 6.45) is 1.67. The van der Waals surface area contributed by atoms with Crippen molar-refractivity contribution in [3.8, 4) is 5.75 Å². The molecular weight excluding hydrogens is 446 g/mol. The molecule has 0 radical (unpaired) electrons. The zero-order valence-electron chi connectivity index (χ0n) is 14.8. The van der Waals surface area contributed by atoms with Crippen molar-refractivity contribution < 1.29 is 24.2 Å². The van der Waals surface area contributed by atoms with Crippen LogP contribution >= 0.6 is 27.7 Å². The Morgan fingerprint density at radius 3 is 2.68 bits per heavy atom. The summed E-state index contributed by atoms with van der Waals surface area (Å²) in [5, 5.41) is 8.79. The summed E-state index contributed by atoms with van der Waals surface area (Å²) in [6, 6.07) is 11.9. The SMILES string of the molecule is CCN1C(=O)S/C(=C\c2ccc(OCc3cccc(C(=O)O)c3)c(Br)c2)C1=O. The predicted octanol–water partition coefficient (Wildman–Crippen LogP) is 4.78. The maximum Gasteiger partial charge on any atom is 0.335 e. The first-order valence-corrected chi connectivity index (χ1v) is 10.00. The largest absolute Gasteiger partial charge is 0.488 e. The van der Waals surface area contributed by atoms with E-state index >= 15 is 0 Å². The van der Waals surface area contributed by atoms with Gasteiger partial charge >= 0.3 is 5.97 Å². The van der Waals surface area contributed by atoms with Gasteiger partial charge in [0.25, 0.3) is 11.1 Å². The van der Waals surface area contributed by atoms with Gasteiger partial charge in [-0.05, 0) is 76.1 Å². The fraction of sp³-hybridized carbons (Fsp3) is 0.150. The van der Waals surface area contributed by atoms with E-state index in [1.807, 2.05) is 0 Å². The number of aromatic carboxylic acids is 1. The molecule has 1 aliphatic rings. The molecule has 144 valence electrons. The predicted molar refractivity (Wildman–Crippen MR) is 110 cm³/mol. The average molecular weight is 462 g/mol. The maximum absolute atomic E-state index is 12.2. The van der Waals surface area contributed by atoms with Crippen LogP contribution in [0.15, 0.2) is 51.8 Å². The van der Waals surface area contributed by atoms with Crippen molar-refractivity contribution in [2.45, 2.75) is 13.5 Å². The minimum absolute atomic E-state index is 0.205. The molecule has 3 rings (SSSR count). The first kappa shape index (κ1) is 20.2. The number of ether oxygens (including phenoxy) is 1. The second kappa shape index (κ2) is 8.62. The third-order valence-corrected chi connectivity index (χ3v) is 5.54. The third kappa shape index (κ3) is 4.45. The van der Waals surface area contributed by atoms with Crippen LogP contribution in [0.25, 0.3) is 6.08 Å². The summed E-state index contributed by atoms with van der Waals surface area (Å²) in [4.78, 5) is 36.6. The number of nitrogens with zero attached hydrogens (tertiary/aromatic N) is 1. The fourth-order valence-electron chi connectivity index (χ4n) is 2.60. The molecule has 2 aromatic carbocycles. The van der Waals surface area contributed by atoms with E-state index < -0.39 is 5.97 Å². The minimum atomic E-state index is -0.986. The number of hydrogen-bond donors (Lipinski definition) is 1. The number of hydrogen-bond acceptors (Lipinski definition) is 5. The summed E-state index contributed by atoms with van der Waals surface area (Å²) in [5.41, 5.74) is 1.70. The Morgan fingerprint density at radius 2 is 2.04 bits per heavy atom. The molecule has 0 saturated carbocycles. The second-order valence-electron chi connectivity index (χ2n) is 5.91. The molecule has 0 bridgehead atoms. The van der Waals surface area contributed by atoms with E-state index in [1.54, 1.807) is 49.4 Å². The average Bonchev–Trinajstić information content (AvgIpc) is 2.94.